The Bertz CT molecular complexity index is 1080. The summed E-state index contributed by atoms with van der Waals surface area (Å²) >= 11 is 0. The molecule has 1 N–H and O–H groups in total. The van der Waals surface area contributed by atoms with Gasteiger partial charge in [0.1, 0.15) is 11.9 Å². The first-order valence-electron chi connectivity index (χ1n) is 8.83. The Labute approximate surface area is 168 Å². The van der Waals surface area contributed by atoms with Crippen molar-refractivity contribution in [2.24, 2.45) is 4.99 Å². The van der Waals surface area contributed by atoms with Crippen LogP contribution in [0.1, 0.15) is 18.9 Å². The molecular weight excluding hydrogens is 422 g/mol. The fourth-order valence-corrected chi connectivity index (χ4v) is 6.13. The van der Waals surface area contributed by atoms with Gasteiger partial charge in [-0.2, -0.15) is 0 Å². The van der Waals surface area contributed by atoms with Crippen LogP contribution in [0.15, 0.2) is 34.2 Å². The molecule has 1 saturated heterocycles. The van der Waals surface area contributed by atoms with Gasteiger partial charge in [0.25, 0.3) is 15.9 Å². The first-order valence-corrected chi connectivity index (χ1v) is 12.1. The van der Waals surface area contributed by atoms with Gasteiger partial charge in [0.2, 0.25) is 0 Å². The maximum Gasteiger partial charge on any atom is 0.331 e. The van der Waals surface area contributed by atoms with Gasteiger partial charge in [-0.3, -0.25) is 14.5 Å². The Kier molecular flexibility index (Phi) is 5.68. The van der Waals surface area contributed by atoms with Gasteiger partial charge < -0.3 is 9.64 Å². The van der Waals surface area contributed by atoms with E-state index in [1.54, 1.807) is 18.2 Å². The number of rotatable bonds is 5. The van der Waals surface area contributed by atoms with Crippen LogP contribution in [0.5, 0.6) is 0 Å². The smallest absolute Gasteiger partial charge is 0.331 e. The van der Waals surface area contributed by atoms with Crippen molar-refractivity contribution < 1.29 is 31.2 Å². The summed E-state index contributed by atoms with van der Waals surface area (Å²) in [4.78, 5) is 29.8. The van der Waals surface area contributed by atoms with E-state index in [0.29, 0.717) is 12.0 Å². The number of carbonyl (C=O) groups excluding carboxylic acids is 2. The average molecular weight is 444 g/mol. The molecule has 0 radical (unpaired) electrons. The molecule has 0 saturated carbocycles. The van der Waals surface area contributed by atoms with Crippen LogP contribution < -0.4 is 4.72 Å². The van der Waals surface area contributed by atoms with Crippen molar-refractivity contribution in [3.63, 3.8) is 0 Å². The van der Waals surface area contributed by atoms with Crippen LogP contribution in [0.25, 0.3) is 0 Å². The maximum absolute atomic E-state index is 12.2. The van der Waals surface area contributed by atoms with Gasteiger partial charge in [0.05, 0.1) is 16.4 Å². The van der Waals surface area contributed by atoms with Gasteiger partial charge >= 0.3 is 5.97 Å². The van der Waals surface area contributed by atoms with Crippen molar-refractivity contribution in [3.8, 4) is 0 Å². The first-order chi connectivity index (χ1) is 13.5. The number of sulfone groups is 1. The average Bonchev–Trinajstić information content (AvgIpc) is 3.15. The highest BCUT2D eigenvalue weighted by Gasteiger charge is 2.34. The topological polar surface area (TPSA) is 139 Å². The Morgan fingerprint density at radius 1 is 1.28 bits per heavy atom. The largest absolute Gasteiger partial charge is 0.454 e. The van der Waals surface area contributed by atoms with Crippen LogP contribution >= 0.6 is 0 Å². The quantitative estimate of drug-likeness (QED) is 0.594. The summed E-state index contributed by atoms with van der Waals surface area (Å²) in [5.41, 5.74) is 0.352. The van der Waals surface area contributed by atoms with E-state index in [9.17, 15) is 26.4 Å². The monoisotopic (exact) mass is 443 g/mol. The maximum atomic E-state index is 12.2. The number of ether oxygens (including phenoxy) is 1. The standard InChI is InChI=1S/C17H21N3O7S2/c1-11(18-16-13-5-3-4-6-14(13)29(25,26)19-16)17(22)27-9-15(21)20(2)12-7-8-28(23,24)10-12/h3-6,11-12H,7-10H2,1-2H3,(H,18,19)/t11-,12-/m0/s1. The number of benzene rings is 1. The third kappa shape index (κ3) is 4.58. The SMILES string of the molecule is C[C@H](N=C1NS(=O)(=O)c2ccccc21)C(=O)OCC(=O)N(C)[C@H]1CCS(=O)(=O)C1. The molecule has 158 valence electrons. The molecule has 0 unspecified atom stereocenters. The van der Waals surface area contributed by atoms with Crippen molar-refractivity contribution in [1.29, 1.82) is 0 Å². The van der Waals surface area contributed by atoms with E-state index in [1.807, 2.05) is 0 Å². The number of amidine groups is 1. The number of aliphatic imine (C=N–C) groups is 1. The molecule has 2 atom stereocenters. The second-order valence-electron chi connectivity index (χ2n) is 6.92. The molecule has 2 aliphatic heterocycles. The molecule has 0 aromatic heterocycles. The Balaban J connectivity index is 1.60. The van der Waals surface area contributed by atoms with Gasteiger partial charge in [-0.05, 0) is 25.5 Å². The molecule has 10 nitrogen and oxygen atoms in total. The minimum Gasteiger partial charge on any atom is -0.454 e. The van der Waals surface area contributed by atoms with E-state index in [2.05, 4.69) is 9.71 Å². The Morgan fingerprint density at radius 2 is 1.97 bits per heavy atom. The van der Waals surface area contributed by atoms with Gasteiger partial charge in [-0.25, -0.2) is 21.6 Å². The van der Waals surface area contributed by atoms with Crippen molar-refractivity contribution in [3.05, 3.63) is 29.8 Å². The number of hydrogen-bond acceptors (Lipinski definition) is 8. The molecule has 2 heterocycles. The third-order valence-corrected chi connectivity index (χ3v) is 7.96. The zero-order valence-corrected chi connectivity index (χ0v) is 17.5. The summed E-state index contributed by atoms with van der Waals surface area (Å²) in [6.07, 6.45) is 0.349. The molecule has 3 rings (SSSR count). The number of fused-ring (bicyclic) bond motifs is 1. The molecular formula is C17H21N3O7S2. The van der Waals surface area contributed by atoms with E-state index >= 15 is 0 Å². The van der Waals surface area contributed by atoms with Crippen LogP contribution in [-0.2, 0) is 34.2 Å². The van der Waals surface area contributed by atoms with Gasteiger partial charge in [0, 0.05) is 18.7 Å². The first kappa shape index (κ1) is 21.2. The molecule has 1 fully saturated rings. The molecule has 0 aliphatic carbocycles. The molecule has 2 aliphatic rings. The Hall–Kier alpha value is -2.47. The van der Waals surface area contributed by atoms with Gasteiger partial charge in [0.15, 0.2) is 16.4 Å². The van der Waals surface area contributed by atoms with E-state index < -0.39 is 50.4 Å². The van der Waals surface area contributed by atoms with Gasteiger partial charge in [-0.15, -0.1) is 0 Å². The second kappa shape index (κ2) is 7.75. The molecule has 0 bridgehead atoms. The highest BCUT2D eigenvalue weighted by Crippen LogP contribution is 2.22. The molecule has 0 spiro atoms. The van der Waals surface area contributed by atoms with E-state index in [4.69, 9.17) is 4.74 Å². The predicted molar refractivity (Wildman–Crippen MR) is 104 cm³/mol. The molecule has 12 heteroatoms. The fraction of sp³-hybridized carbons (Fsp3) is 0.471. The lowest BCUT2D eigenvalue weighted by atomic mass is 10.2. The number of sulfonamides is 1. The zero-order valence-electron chi connectivity index (χ0n) is 15.9. The van der Waals surface area contributed by atoms with E-state index in [0.717, 1.165) is 0 Å². The van der Waals surface area contributed by atoms with Crippen LogP contribution in [-0.4, -0.2) is 76.7 Å². The van der Waals surface area contributed by atoms with Crippen LogP contribution in [0, 0.1) is 0 Å². The Morgan fingerprint density at radius 3 is 2.62 bits per heavy atom. The number of carbonyl (C=O) groups is 2. The highest BCUT2D eigenvalue weighted by atomic mass is 32.2. The third-order valence-electron chi connectivity index (χ3n) is 4.81. The van der Waals surface area contributed by atoms with E-state index in [1.165, 1.54) is 24.9 Å². The predicted octanol–water partition coefficient (Wildman–Crippen LogP) is -0.698. The summed E-state index contributed by atoms with van der Waals surface area (Å²) < 4.78 is 54.5. The number of amides is 1. The molecule has 29 heavy (non-hydrogen) atoms. The lowest BCUT2D eigenvalue weighted by Crippen LogP contribution is -2.40. The second-order valence-corrected chi connectivity index (χ2v) is 10.8. The van der Waals surface area contributed by atoms with Crippen LogP contribution in [0.4, 0.5) is 0 Å². The minimum atomic E-state index is -3.72. The summed E-state index contributed by atoms with van der Waals surface area (Å²) in [5.74, 6) is -1.37. The minimum absolute atomic E-state index is 0.0288. The summed E-state index contributed by atoms with van der Waals surface area (Å²) in [7, 11) is -5.40. The highest BCUT2D eigenvalue weighted by molar-refractivity contribution is 7.91. The van der Waals surface area contributed by atoms with Gasteiger partial charge in [-0.1, -0.05) is 12.1 Å². The molecule has 1 aromatic carbocycles. The lowest BCUT2D eigenvalue weighted by Gasteiger charge is -2.23. The number of nitrogens with one attached hydrogen (secondary N) is 1. The number of likely N-dealkylation sites (N-methyl/N-ethyl adjacent to an activating group) is 1. The number of esters is 1. The van der Waals surface area contributed by atoms with Crippen LogP contribution in [0.3, 0.4) is 0 Å². The van der Waals surface area contributed by atoms with Crippen LogP contribution in [0.2, 0.25) is 0 Å². The van der Waals surface area contributed by atoms with Crippen molar-refractivity contribution >= 4 is 37.6 Å². The number of hydrogen-bond donors (Lipinski definition) is 1. The summed E-state index contributed by atoms with van der Waals surface area (Å²) in [5, 5.41) is 0. The van der Waals surface area contributed by atoms with E-state index in [-0.39, 0.29) is 22.2 Å². The fourth-order valence-electron chi connectivity index (χ4n) is 3.12. The number of nitrogens with zero attached hydrogens (tertiary/aromatic N) is 2. The summed E-state index contributed by atoms with van der Waals surface area (Å²) in [6.45, 7) is 0.867. The van der Waals surface area contributed by atoms with Crippen molar-refractivity contribution in [2.75, 3.05) is 25.2 Å². The van der Waals surface area contributed by atoms with Crippen molar-refractivity contribution in [1.82, 2.24) is 9.62 Å². The summed E-state index contributed by atoms with van der Waals surface area (Å²) in [6, 6.07) is 4.74. The van der Waals surface area contributed by atoms with Crippen molar-refractivity contribution in [2.45, 2.75) is 30.3 Å². The zero-order chi connectivity index (χ0) is 21.4. The lowest BCUT2D eigenvalue weighted by molar-refractivity contribution is -0.152. The normalized spacial score (nSPS) is 23.8. The molecule has 1 amide bonds. The molecule has 1 aromatic rings.